The lowest BCUT2D eigenvalue weighted by Crippen LogP contribution is -2.46. The third kappa shape index (κ3) is 3.72. The van der Waals surface area contributed by atoms with Crippen LogP contribution in [0.4, 0.5) is 4.39 Å². The van der Waals surface area contributed by atoms with Gasteiger partial charge in [0.25, 0.3) is 0 Å². The molecule has 2 aromatic carbocycles. The molecule has 2 nitrogen and oxygen atoms in total. The molecule has 0 radical (unpaired) electrons. The van der Waals surface area contributed by atoms with Gasteiger partial charge in [0.15, 0.2) is 0 Å². The molecule has 0 aromatic heterocycles. The molecule has 0 aliphatic carbocycles. The fourth-order valence-corrected chi connectivity index (χ4v) is 2.60. The minimum absolute atomic E-state index is 0. The van der Waals surface area contributed by atoms with Crippen molar-refractivity contribution >= 4 is 24.0 Å². The van der Waals surface area contributed by atoms with Gasteiger partial charge in [-0.1, -0.05) is 35.4 Å². The summed E-state index contributed by atoms with van der Waals surface area (Å²) in [4.78, 5) is 0. The first-order chi connectivity index (χ1) is 10.1. The highest BCUT2D eigenvalue weighted by Crippen LogP contribution is 2.32. The van der Waals surface area contributed by atoms with Crippen molar-refractivity contribution in [1.82, 2.24) is 5.32 Å². The Hall–Kier alpha value is -1.29. The van der Waals surface area contributed by atoms with Crippen LogP contribution in [0, 0.1) is 18.7 Å². The van der Waals surface area contributed by atoms with E-state index in [0.29, 0.717) is 5.92 Å². The SMILES string of the molecule is Cc1ccc(OC(c2ccc(F)c(Cl)c2)C2CNC2)cc1.Cl. The molecule has 22 heavy (non-hydrogen) atoms. The Kier molecular flexibility index (Phi) is 5.68. The standard InChI is InChI=1S/C17H17ClFNO.ClH/c1-11-2-5-14(6-3-11)21-17(13-9-20-10-13)12-4-7-16(19)15(18)8-12;/h2-8,13,17,20H,9-10H2,1H3;1H. The van der Waals surface area contributed by atoms with Crippen LogP contribution in [0.1, 0.15) is 17.2 Å². The van der Waals surface area contributed by atoms with E-state index >= 15 is 0 Å². The fraction of sp³-hybridized carbons (Fsp3) is 0.294. The minimum Gasteiger partial charge on any atom is -0.485 e. The molecule has 1 heterocycles. The first-order valence-corrected chi connectivity index (χ1v) is 7.40. The van der Waals surface area contributed by atoms with Crippen LogP contribution in [0.5, 0.6) is 5.75 Å². The molecule has 1 aliphatic heterocycles. The normalized spacial score (nSPS) is 15.6. The van der Waals surface area contributed by atoms with Crippen LogP contribution in [-0.2, 0) is 0 Å². The van der Waals surface area contributed by atoms with Crippen molar-refractivity contribution in [2.24, 2.45) is 5.92 Å². The summed E-state index contributed by atoms with van der Waals surface area (Å²) < 4.78 is 19.5. The Morgan fingerprint density at radius 2 is 1.86 bits per heavy atom. The second-order valence-corrected chi connectivity index (χ2v) is 5.85. The minimum atomic E-state index is -0.402. The van der Waals surface area contributed by atoms with Crippen molar-refractivity contribution in [2.45, 2.75) is 13.0 Å². The molecular formula is C17H18Cl2FNO. The molecule has 3 rings (SSSR count). The van der Waals surface area contributed by atoms with Crippen LogP contribution in [0.25, 0.3) is 0 Å². The molecule has 0 amide bonds. The van der Waals surface area contributed by atoms with E-state index in [4.69, 9.17) is 16.3 Å². The zero-order chi connectivity index (χ0) is 14.8. The lowest BCUT2D eigenvalue weighted by molar-refractivity contribution is 0.0992. The van der Waals surface area contributed by atoms with Crippen molar-refractivity contribution in [3.05, 3.63) is 64.4 Å². The lowest BCUT2D eigenvalue weighted by Gasteiger charge is -2.35. The van der Waals surface area contributed by atoms with Gasteiger partial charge in [-0.15, -0.1) is 12.4 Å². The van der Waals surface area contributed by atoms with Crippen molar-refractivity contribution in [1.29, 1.82) is 0 Å². The van der Waals surface area contributed by atoms with Gasteiger partial charge in [-0.05, 0) is 36.8 Å². The third-order valence-electron chi connectivity index (χ3n) is 3.80. The lowest BCUT2D eigenvalue weighted by atomic mass is 9.90. The molecule has 0 bridgehead atoms. The maximum atomic E-state index is 13.3. The molecule has 118 valence electrons. The highest BCUT2D eigenvalue weighted by atomic mass is 35.5. The number of hydrogen-bond acceptors (Lipinski definition) is 2. The maximum Gasteiger partial charge on any atom is 0.141 e. The van der Waals surface area contributed by atoms with E-state index in [1.807, 2.05) is 31.2 Å². The van der Waals surface area contributed by atoms with E-state index in [0.717, 1.165) is 24.4 Å². The van der Waals surface area contributed by atoms with E-state index in [9.17, 15) is 4.39 Å². The molecule has 1 aliphatic rings. The Morgan fingerprint density at radius 1 is 1.18 bits per heavy atom. The Bertz CT molecular complexity index is 629. The van der Waals surface area contributed by atoms with Gasteiger partial charge < -0.3 is 10.1 Å². The summed E-state index contributed by atoms with van der Waals surface area (Å²) in [7, 11) is 0. The summed E-state index contributed by atoms with van der Waals surface area (Å²) in [6.07, 6.45) is -0.118. The van der Waals surface area contributed by atoms with Gasteiger partial charge in [0.2, 0.25) is 0 Å². The average Bonchev–Trinajstić information content (AvgIpc) is 2.41. The largest absolute Gasteiger partial charge is 0.485 e. The van der Waals surface area contributed by atoms with Gasteiger partial charge in [0.1, 0.15) is 17.7 Å². The molecule has 2 aromatic rings. The van der Waals surface area contributed by atoms with E-state index in [-0.39, 0.29) is 23.5 Å². The Morgan fingerprint density at radius 3 is 2.41 bits per heavy atom. The van der Waals surface area contributed by atoms with Crippen molar-refractivity contribution < 1.29 is 9.13 Å². The second kappa shape index (κ2) is 7.32. The van der Waals surface area contributed by atoms with Crippen molar-refractivity contribution in [2.75, 3.05) is 13.1 Å². The summed E-state index contributed by atoms with van der Waals surface area (Å²) in [6, 6.07) is 12.8. The molecule has 1 fully saturated rings. The highest BCUT2D eigenvalue weighted by molar-refractivity contribution is 6.30. The van der Waals surface area contributed by atoms with Gasteiger partial charge in [-0.25, -0.2) is 4.39 Å². The summed E-state index contributed by atoms with van der Waals surface area (Å²) in [6.45, 7) is 3.83. The number of hydrogen-bond donors (Lipinski definition) is 1. The number of rotatable bonds is 4. The van der Waals surface area contributed by atoms with Crippen LogP contribution >= 0.6 is 24.0 Å². The van der Waals surface area contributed by atoms with E-state index in [1.54, 1.807) is 12.1 Å². The Labute approximate surface area is 141 Å². The van der Waals surface area contributed by atoms with Crippen molar-refractivity contribution in [3.8, 4) is 5.75 Å². The van der Waals surface area contributed by atoms with Gasteiger partial charge >= 0.3 is 0 Å². The quantitative estimate of drug-likeness (QED) is 0.880. The molecule has 1 saturated heterocycles. The first kappa shape index (κ1) is 17.1. The van der Waals surface area contributed by atoms with Crippen LogP contribution in [0.3, 0.4) is 0 Å². The third-order valence-corrected chi connectivity index (χ3v) is 4.09. The van der Waals surface area contributed by atoms with E-state index in [2.05, 4.69) is 5.32 Å². The van der Waals surface area contributed by atoms with E-state index < -0.39 is 5.82 Å². The van der Waals surface area contributed by atoms with Gasteiger partial charge in [0, 0.05) is 19.0 Å². The van der Waals surface area contributed by atoms with Gasteiger partial charge in [0.05, 0.1) is 5.02 Å². The number of benzene rings is 2. The van der Waals surface area contributed by atoms with E-state index in [1.165, 1.54) is 11.6 Å². The average molecular weight is 342 g/mol. The topological polar surface area (TPSA) is 21.3 Å². The van der Waals surface area contributed by atoms with Crippen LogP contribution in [-0.4, -0.2) is 13.1 Å². The maximum absolute atomic E-state index is 13.3. The second-order valence-electron chi connectivity index (χ2n) is 5.44. The van der Waals surface area contributed by atoms with Gasteiger partial charge in [-0.3, -0.25) is 0 Å². The predicted octanol–water partition coefficient (Wildman–Crippen LogP) is 4.55. The Balaban J connectivity index is 0.00000176. The summed E-state index contributed by atoms with van der Waals surface area (Å²) >= 11 is 5.90. The summed E-state index contributed by atoms with van der Waals surface area (Å²) in [5, 5.41) is 3.38. The fourth-order valence-electron chi connectivity index (χ4n) is 2.41. The van der Waals surface area contributed by atoms with Crippen LogP contribution in [0.2, 0.25) is 5.02 Å². The number of halogens is 3. The molecule has 1 atom stereocenters. The smallest absolute Gasteiger partial charge is 0.141 e. The number of nitrogens with one attached hydrogen (secondary N) is 1. The summed E-state index contributed by atoms with van der Waals surface area (Å²) in [5.74, 6) is 0.784. The van der Waals surface area contributed by atoms with Crippen LogP contribution in [0.15, 0.2) is 42.5 Å². The first-order valence-electron chi connectivity index (χ1n) is 7.02. The monoisotopic (exact) mass is 341 g/mol. The van der Waals surface area contributed by atoms with Gasteiger partial charge in [-0.2, -0.15) is 0 Å². The zero-order valence-electron chi connectivity index (χ0n) is 12.2. The van der Waals surface area contributed by atoms with Crippen molar-refractivity contribution in [3.63, 3.8) is 0 Å². The molecule has 1 N–H and O–H groups in total. The summed E-state index contributed by atoms with van der Waals surface area (Å²) in [5.41, 5.74) is 2.10. The molecule has 5 heteroatoms. The van der Waals surface area contributed by atoms with Crippen LogP contribution < -0.4 is 10.1 Å². The molecule has 1 unspecified atom stereocenters. The highest BCUT2D eigenvalue weighted by Gasteiger charge is 2.30. The number of ether oxygens (including phenoxy) is 1. The number of aryl methyl sites for hydroxylation is 1. The molecule has 0 spiro atoms. The zero-order valence-corrected chi connectivity index (χ0v) is 13.8. The predicted molar refractivity (Wildman–Crippen MR) is 89.6 cm³/mol. The molecular weight excluding hydrogens is 324 g/mol. The molecule has 0 saturated carbocycles.